The Kier molecular flexibility index (Phi) is 5.83. The van der Waals surface area contributed by atoms with Crippen LogP contribution in [0.5, 0.6) is 0 Å². The number of anilines is 2. The number of hydrazine groups is 1. The first-order valence-corrected chi connectivity index (χ1v) is 7.01. The summed E-state index contributed by atoms with van der Waals surface area (Å²) in [5.41, 5.74) is 2.49. The van der Waals surface area contributed by atoms with E-state index in [0.29, 0.717) is 24.3 Å². The molecule has 8 heteroatoms. The Hall–Kier alpha value is -1.96. The number of nitrogens with one attached hydrogen (secondary N) is 2. The molecule has 4 N–H and O–H groups in total. The van der Waals surface area contributed by atoms with E-state index in [9.17, 15) is 10.1 Å². The fourth-order valence-corrected chi connectivity index (χ4v) is 2.43. The number of nitrogens with two attached hydrogens (primary N) is 1. The third-order valence-electron chi connectivity index (χ3n) is 3.59. The first kappa shape index (κ1) is 17.1. The zero-order valence-corrected chi connectivity index (χ0v) is 13.2. The number of hydrogen-bond donors (Lipinski definition) is 3. The molecule has 0 fully saturated rings. The summed E-state index contributed by atoms with van der Waals surface area (Å²) in [7, 11) is 0. The van der Waals surface area contributed by atoms with Gasteiger partial charge in [-0.2, -0.15) is 4.98 Å². The van der Waals surface area contributed by atoms with Gasteiger partial charge in [-0.05, 0) is 24.7 Å². The fourth-order valence-electron chi connectivity index (χ4n) is 2.43. The Labute approximate surface area is 124 Å². The van der Waals surface area contributed by atoms with Gasteiger partial charge in [0.25, 0.3) is 0 Å². The van der Waals surface area contributed by atoms with Gasteiger partial charge in [-0.25, -0.2) is 10.8 Å². The van der Waals surface area contributed by atoms with Gasteiger partial charge in [0.1, 0.15) is 5.69 Å². The maximum absolute atomic E-state index is 11.2. The molecule has 0 unspecified atom stereocenters. The molecule has 0 radical (unpaired) electrons. The van der Waals surface area contributed by atoms with E-state index >= 15 is 0 Å². The van der Waals surface area contributed by atoms with E-state index in [-0.39, 0.29) is 23.1 Å². The molecule has 1 rings (SSSR count). The van der Waals surface area contributed by atoms with E-state index in [1.165, 1.54) is 0 Å². The van der Waals surface area contributed by atoms with Gasteiger partial charge in [0.15, 0.2) is 0 Å². The summed E-state index contributed by atoms with van der Waals surface area (Å²) in [5, 5.41) is 14.3. The third kappa shape index (κ3) is 4.25. The maximum Gasteiger partial charge on any atom is 0.332 e. The molecule has 0 atom stereocenters. The van der Waals surface area contributed by atoms with Crippen LogP contribution in [0.15, 0.2) is 0 Å². The van der Waals surface area contributed by atoms with Crippen LogP contribution in [0.1, 0.15) is 33.4 Å². The standard InChI is InChI=1S/C13H24N6O2/c1-7(2)10(8(3)4)6-15-12-11(19(20)21)9(5)16-13(17-12)18-14/h7-8,10H,6,14H2,1-5H3,(H2,15,16,17,18). The van der Waals surface area contributed by atoms with Crippen LogP contribution in [0, 0.1) is 34.8 Å². The highest BCUT2D eigenvalue weighted by Gasteiger charge is 2.24. The van der Waals surface area contributed by atoms with Crippen LogP contribution >= 0.6 is 0 Å². The van der Waals surface area contributed by atoms with Crippen LogP contribution in [0.2, 0.25) is 0 Å². The van der Waals surface area contributed by atoms with Crippen LogP contribution in [-0.4, -0.2) is 21.4 Å². The van der Waals surface area contributed by atoms with Gasteiger partial charge >= 0.3 is 5.69 Å². The summed E-state index contributed by atoms with van der Waals surface area (Å²) >= 11 is 0. The normalized spacial score (nSPS) is 11.3. The van der Waals surface area contributed by atoms with Crippen LogP contribution < -0.4 is 16.6 Å². The molecule has 0 amide bonds. The third-order valence-corrected chi connectivity index (χ3v) is 3.59. The van der Waals surface area contributed by atoms with Crippen molar-refractivity contribution >= 4 is 17.5 Å². The van der Waals surface area contributed by atoms with Crippen molar-refractivity contribution in [3.8, 4) is 0 Å². The number of aryl methyl sites for hydroxylation is 1. The van der Waals surface area contributed by atoms with Gasteiger partial charge in [-0.1, -0.05) is 27.7 Å². The Morgan fingerprint density at radius 2 is 1.81 bits per heavy atom. The lowest BCUT2D eigenvalue weighted by atomic mass is 9.85. The molecule has 0 saturated carbocycles. The highest BCUT2D eigenvalue weighted by molar-refractivity contribution is 5.60. The minimum atomic E-state index is -0.474. The average molecular weight is 296 g/mol. The summed E-state index contributed by atoms with van der Waals surface area (Å²) in [6, 6.07) is 0. The smallest absolute Gasteiger partial charge is 0.332 e. The summed E-state index contributed by atoms with van der Waals surface area (Å²) in [6.45, 7) is 10.7. The molecule has 21 heavy (non-hydrogen) atoms. The van der Waals surface area contributed by atoms with Crippen molar-refractivity contribution in [2.45, 2.75) is 34.6 Å². The molecule has 0 aliphatic carbocycles. The van der Waals surface area contributed by atoms with E-state index in [0.717, 1.165) is 0 Å². The Morgan fingerprint density at radius 3 is 2.24 bits per heavy atom. The lowest BCUT2D eigenvalue weighted by Gasteiger charge is -2.25. The molecular formula is C13H24N6O2. The fraction of sp³-hybridized carbons (Fsp3) is 0.692. The predicted molar refractivity (Wildman–Crippen MR) is 82.9 cm³/mol. The van der Waals surface area contributed by atoms with Crippen molar-refractivity contribution in [1.29, 1.82) is 0 Å². The van der Waals surface area contributed by atoms with Crippen LogP contribution in [0.3, 0.4) is 0 Å². The van der Waals surface area contributed by atoms with Gasteiger partial charge in [0, 0.05) is 6.54 Å². The molecule has 0 aliphatic rings. The van der Waals surface area contributed by atoms with Gasteiger partial charge in [0.05, 0.1) is 4.92 Å². The van der Waals surface area contributed by atoms with Gasteiger partial charge in [0.2, 0.25) is 11.8 Å². The number of nitrogen functional groups attached to an aromatic ring is 1. The number of hydrogen-bond acceptors (Lipinski definition) is 7. The minimum Gasteiger partial charge on any atom is -0.364 e. The van der Waals surface area contributed by atoms with Gasteiger partial charge in [-0.15, -0.1) is 0 Å². The number of nitro groups is 1. The number of rotatable bonds is 7. The Bertz CT molecular complexity index is 496. The van der Waals surface area contributed by atoms with Crippen molar-refractivity contribution in [2.24, 2.45) is 23.6 Å². The molecule has 0 aromatic carbocycles. The molecule has 0 bridgehead atoms. The second-order valence-corrected chi connectivity index (χ2v) is 5.76. The highest BCUT2D eigenvalue weighted by Crippen LogP contribution is 2.28. The molecule has 0 aliphatic heterocycles. The van der Waals surface area contributed by atoms with Crippen LogP contribution in [-0.2, 0) is 0 Å². The van der Waals surface area contributed by atoms with Crippen LogP contribution in [0.25, 0.3) is 0 Å². The van der Waals surface area contributed by atoms with Gasteiger partial charge in [-0.3, -0.25) is 15.5 Å². The van der Waals surface area contributed by atoms with E-state index < -0.39 is 4.92 Å². The van der Waals surface area contributed by atoms with Crippen molar-refractivity contribution in [2.75, 3.05) is 17.3 Å². The lowest BCUT2D eigenvalue weighted by Crippen LogP contribution is -2.25. The highest BCUT2D eigenvalue weighted by atomic mass is 16.6. The Morgan fingerprint density at radius 1 is 1.24 bits per heavy atom. The second kappa shape index (κ2) is 7.16. The molecule has 1 aromatic heterocycles. The minimum absolute atomic E-state index is 0.111. The largest absolute Gasteiger partial charge is 0.364 e. The van der Waals surface area contributed by atoms with Crippen LogP contribution in [0.4, 0.5) is 17.5 Å². The van der Waals surface area contributed by atoms with E-state index in [2.05, 4.69) is 48.4 Å². The SMILES string of the molecule is Cc1nc(NN)nc(NCC(C(C)C)C(C)C)c1[N+](=O)[O-]. The number of nitrogens with zero attached hydrogens (tertiary/aromatic N) is 3. The monoisotopic (exact) mass is 296 g/mol. The number of aromatic nitrogens is 2. The molecular weight excluding hydrogens is 272 g/mol. The zero-order chi connectivity index (χ0) is 16.2. The summed E-state index contributed by atoms with van der Waals surface area (Å²) in [5.74, 6) is 6.97. The summed E-state index contributed by atoms with van der Waals surface area (Å²) < 4.78 is 0. The predicted octanol–water partition coefficient (Wildman–Crippen LogP) is 2.32. The van der Waals surface area contributed by atoms with E-state index in [1.54, 1.807) is 6.92 Å². The van der Waals surface area contributed by atoms with Crippen molar-refractivity contribution in [3.05, 3.63) is 15.8 Å². The second-order valence-electron chi connectivity index (χ2n) is 5.76. The topological polar surface area (TPSA) is 119 Å². The molecule has 0 saturated heterocycles. The summed E-state index contributed by atoms with van der Waals surface area (Å²) in [6.07, 6.45) is 0. The first-order chi connectivity index (χ1) is 9.77. The van der Waals surface area contributed by atoms with Gasteiger partial charge < -0.3 is 5.32 Å². The molecule has 1 heterocycles. The van der Waals surface area contributed by atoms with Crippen molar-refractivity contribution < 1.29 is 4.92 Å². The summed E-state index contributed by atoms with van der Waals surface area (Å²) in [4.78, 5) is 18.7. The molecule has 118 valence electrons. The van der Waals surface area contributed by atoms with E-state index in [4.69, 9.17) is 5.84 Å². The maximum atomic E-state index is 11.2. The Balaban J connectivity index is 3.05. The molecule has 0 spiro atoms. The molecule has 1 aromatic rings. The first-order valence-electron chi connectivity index (χ1n) is 7.01. The quantitative estimate of drug-likeness (QED) is 0.401. The zero-order valence-electron chi connectivity index (χ0n) is 13.2. The average Bonchev–Trinajstić information content (AvgIpc) is 2.36. The van der Waals surface area contributed by atoms with Crippen molar-refractivity contribution in [1.82, 2.24) is 9.97 Å². The molecule has 8 nitrogen and oxygen atoms in total. The van der Waals surface area contributed by atoms with Crippen molar-refractivity contribution in [3.63, 3.8) is 0 Å². The lowest BCUT2D eigenvalue weighted by molar-refractivity contribution is -0.385. The van der Waals surface area contributed by atoms with E-state index in [1.807, 2.05) is 0 Å².